The predicted molar refractivity (Wildman–Crippen MR) is 137 cm³/mol. The maximum Gasteiger partial charge on any atom is 0.0707 e. The summed E-state index contributed by atoms with van der Waals surface area (Å²) in [5, 5.41) is 9.82. The zero-order chi connectivity index (χ0) is 22.8. The first-order chi connectivity index (χ1) is 14.9. The molecule has 31 heavy (non-hydrogen) atoms. The van der Waals surface area contributed by atoms with E-state index in [-0.39, 0.29) is 0 Å². The number of nitrogens with one attached hydrogen (secondary N) is 2. The summed E-state index contributed by atoms with van der Waals surface area (Å²) in [7, 11) is 0. The normalized spacial score (nSPS) is 20.4. The van der Waals surface area contributed by atoms with Gasteiger partial charge in [-0.15, -0.1) is 0 Å². The molecule has 1 fully saturated rings. The van der Waals surface area contributed by atoms with Gasteiger partial charge in [-0.25, -0.2) is 0 Å². The summed E-state index contributed by atoms with van der Waals surface area (Å²) in [6.07, 6.45) is 12.6. The van der Waals surface area contributed by atoms with Gasteiger partial charge in [-0.2, -0.15) is 0 Å². The van der Waals surface area contributed by atoms with E-state index >= 15 is 0 Å². The predicted octanol–water partition coefficient (Wildman–Crippen LogP) is 7.43. The van der Waals surface area contributed by atoms with Gasteiger partial charge in [0.05, 0.1) is 6.04 Å². The molecule has 1 aromatic rings. The lowest BCUT2D eigenvalue weighted by Gasteiger charge is -2.37. The fraction of sp³-hybridized carbons (Fsp3) is 0.536. The second kappa shape index (κ2) is 12.7. The van der Waals surface area contributed by atoms with Crippen LogP contribution < -0.4 is 5.32 Å². The summed E-state index contributed by atoms with van der Waals surface area (Å²) >= 11 is 0. The van der Waals surface area contributed by atoms with E-state index in [1.807, 2.05) is 0 Å². The molecular weight excluding hydrogens is 378 g/mol. The molecule has 0 radical (unpaired) electrons. The Morgan fingerprint density at radius 3 is 2.19 bits per heavy atom. The van der Waals surface area contributed by atoms with Crippen molar-refractivity contribution in [3.05, 3.63) is 65.4 Å². The van der Waals surface area contributed by atoms with Gasteiger partial charge in [0.25, 0.3) is 0 Å². The monoisotopic (exact) mass is 421 g/mol. The molecule has 0 amide bonds. The third-order valence-electron chi connectivity index (χ3n) is 6.60. The van der Waals surface area contributed by atoms with Crippen molar-refractivity contribution in [2.75, 3.05) is 18.4 Å². The molecular formula is C28H43N3. The van der Waals surface area contributed by atoms with E-state index in [0.29, 0.717) is 12.0 Å². The molecule has 3 nitrogen and oxygen atoms in total. The Morgan fingerprint density at radius 2 is 1.71 bits per heavy atom. The van der Waals surface area contributed by atoms with Crippen molar-refractivity contribution in [2.24, 2.45) is 5.92 Å². The largest absolute Gasteiger partial charge is 0.357 e. The van der Waals surface area contributed by atoms with E-state index in [4.69, 9.17) is 5.41 Å². The molecule has 2 N–H and O–H groups in total. The van der Waals surface area contributed by atoms with Crippen molar-refractivity contribution in [2.45, 2.75) is 78.7 Å². The Bertz CT molecular complexity index is 761. The standard InChI is InChI=1S/C26H38N2.C2H5N/c1-19(2)23-13-15-24(16-14-23)26(28-17-8-6-7-9-18-28)22(5)27-25-20(3)11-10-12-21(25)4;1-2-3/h10-12,15,23,26-27H,1,5-9,13-14,16-18H2,2-4H3;2-3H,1H3. The highest BCUT2D eigenvalue weighted by Crippen LogP contribution is 2.34. The van der Waals surface area contributed by atoms with Crippen LogP contribution in [-0.2, 0) is 0 Å². The van der Waals surface area contributed by atoms with Gasteiger partial charge in [-0.3, -0.25) is 4.90 Å². The zero-order valence-corrected chi connectivity index (χ0v) is 20.3. The summed E-state index contributed by atoms with van der Waals surface area (Å²) in [5.74, 6) is 0.647. The van der Waals surface area contributed by atoms with Crippen LogP contribution in [0.15, 0.2) is 54.3 Å². The van der Waals surface area contributed by atoms with Crippen molar-refractivity contribution in [3.8, 4) is 0 Å². The highest BCUT2D eigenvalue weighted by molar-refractivity contribution is 5.60. The van der Waals surface area contributed by atoms with E-state index in [0.717, 1.165) is 18.5 Å². The van der Waals surface area contributed by atoms with E-state index < -0.39 is 0 Å². The number of allylic oxidation sites excluding steroid dienone is 2. The second-order valence-electron chi connectivity index (χ2n) is 9.16. The van der Waals surface area contributed by atoms with E-state index in [1.165, 1.54) is 73.8 Å². The molecule has 1 saturated heterocycles. The number of likely N-dealkylation sites (tertiary alicyclic amines) is 1. The third-order valence-corrected chi connectivity index (χ3v) is 6.60. The number of anilines is 1. The molecule has 0 spiro atoms. The number of hydrogen-bond donors (Lipinski definition) is 2. The third kappa shape index (κ3) is 7.21. The van der Waals surface area contributed by atoms with Crippen molar-refractivity contribution in [1.82, 2.24) is 4.90 Å². The first-order valence-electron chi connectivity index (χ1n) is 11.9. The fourth-order valence-electron chi connectivity index (χ4n) is 4.82. The van der Waals surface area contributed by atoms with Gasteiger partial charge in [0.2, 0.25) is 0 Å². The van der Waals surface area contributed by atoms with Gasteiger partial charge in [0, 0.05) is 11.4 Å². The highest BCUT2D eigenvalue weighted by Gasteiger charge is 2.29. The van der Waals surface area contributed by atoms with Crippen LogP contribution in [0.3, 0.4) is 0 Å². The van der Waals surface area contributed by atoms with Gasteiger partial charge < -0.3 is 10.7 Å². The Kier molecular flexibility index (Phi) is 10.3. The minimum Gasteiger partial charge on any atom is -0.357 e. The van der Waals surface area contributed by atoms with Crippen LogP contribution in [0.25, 0.3) is 0 Å². The van der Waals surface area contributed by atoms with Crippen LogP contribution in [0, 0.1) is 25.2 Å². The lowest BCUT2D eigenvalue weighted by Crippen LogP contribution is -2.41. The molecule has 1 aliphatic carbocycles. The molecule has 3 heteroatoms. The SMILES string of the molecule is C=C(C)C1CC=C(C(C(=C)Nc2c(C)cccc2C)N2CCCCCC2)CC1.CC=N. The Balaban J connectivity index is 0.00000107. The van der Waals surface area contributed by atoms with Crippen LogP contribution in [0.5, 0.6) is 0 Å². The molecule has 1 aromatic carbocycles. The molecule has 2 atom stereocenters. The summed E-state index contributed by atoms with van der Waals surface area (Å²) < 4.78 is 0. The summed E-state index contributed by atoms with van der Waals surface area (Å²) in [6, 6.07) is 6.80. The molecule has 2 aliphatic rings. The molecule has 0 saturated carbocycles. The average molecular weight is 422 g/mol. The summed E-state index contributed by atoms with van der Waals surface area (Å²) in [5.41, 5.74) is 7.83. The highest BCUT2D eigenvalue weighted by atomic mass is 15.2. The number of nitrogens with zero attached hydrogens (tertiary/aromatic N) is 1. The number of rotatable bonds is 6. The maximum atomic E-state index is 6.08. The average Bonchev–Trinajstić information content (AvgIpc) is 3.01. The van der Waals surface area contributed by atoms with E-state index in [9.17, 15) is 0 Å². The Labute approximate surface area is 190 Å². The molecule has 0 aromatic heterocycles. The molecule has 1 aliphatic heterocycles. The molecule has 0 bridgehead atoms. The van der Waals surface area contributed by atoms with Crippen LogP contribution in [0.1, 0.15) is 69.9 Å². The van der Waals surface area contributed by atoms with Gasteiger partial charge in [-0.05, 0) is 96.1 Å². The zero-order valence-electron chi connectivity index (χ0n) is 20.3. The maximum absolute atomic E-state index is 6.08. The molecule has 170 valence electrons. The molecule has 2 unspecified atom stereocenters. The first kappa shape index (κ1) is 25.1. The minimum absolute atomic E-state index is 0.308. The van der Waals surface area contributed by atoms with Crippen LogP contribution in [0.2, 0.25) is 0 Å². The quantitative estimate of drug-likeness (QED) is 0.370. The number of aryl methyl sites for hydroxylation is 2. The minimum atomic E-state index is 0.308. The van der Waals surface area contributed by atoms with Crippen molar-refractivity contribution in [3.63, 3.8) is 0 Å². The van der Waals surface area contributed by atoms with Crippen LogP contribution in [-0.4, -0.2) is 30.2 Å². The Hall–Kier alpha value is -2.13. The fourth-order valence-corrected chi connectivity index (χ4v) is 4.82. The topological polar surface area (TPSA) is 39.1 Å². The van der Waals surface area contributed by atoms with E-state index in [2.05, 4.69) is 68.4 Å². The van der Waals surface area contributed by atoms with Gasteiger partial charge >= 0.3 is 0 Å². The van der Waals surface area contributed by atoms with Crippen molar-refractivity contribution in [1.29, 1.82) is 5.41 Å². The Morgan fingerprint density at radius 1 is 1.13 bits per heavy atom. The van der Waals surface area contributed by atoms with Crippen LogP contribution in [0.4, 0.5) is 5.69 Å². The number of hydrogen-bond acceptors (Lipinski definition) is 3. The van der Waals surface area contributed by atoms with Crippen molar-refractivity contribution >= 4 is 11.9 Å². The van der Waals surface area contributed by atoms with Crippen LogP contribution >= 0.6 is 0 Å². The summed E-state index contributed by atoms with van der Waals surface area (Å²) in [4.78, 5) is 2.68. The summed E-state index contributed by atoms with van der Waals surface area (Å²) in [6.45, 7) is 19.3. The smallest absolute Gasteiger partial charge is 0.0707 e. The first-order valence-corrected chi connectivity index (χ1v) is 11.9. The van der Waals surface area contributed by atoms with Gasteiger partial charge in [0.1, 0.15) is 0 Å². The second-order valence-corrected chi connectivity index (χ2v) is 9.16. The lowest BCUT2D eigenvalue weighted by molar-refractivity contribution is 0.247. The number of para-hydroxylation sites is 1. The van der Waals surface area contributed by atoms with Gasteiger partial charge in [0.15, 0.2) is 0 Å². The van der Waals surface area contributed by atoms with Gasteiger partial charge in [-0.1, -0.05) is 61.4 Å². The van der Waals surface area contributed by atoms with E-state index in [1.54, 1.807) is 12.5 Å². The van der Waals surface area contributed by atoms with Crippen molar-refractivity contribution < 1.29 is 0 Å². The number of benzene rings is 1. The molecule has 3 rings (SSSR count). The molecule has 1 heterocycles. The lowest BCUT2D eigenvalue weighted by atomic mass is 9.82.